The van der Waals surface area contributed by atoms with Crippen LogP contribution in [0, 0.1) is 17.8 Å². The summed E-state index contributed by atoms with van der Waals surface area (Å²) in [6.07, 6.45) is 7.91. The van der Waals surface area contributed by atoms with Crippen molar-refractivity contribution in [2.45, 2.75) is 73.3 Å². The van der Waals surface area contributed by atoms with Gasteiger partial charge in [-0.2, -0.15) is 0 Å². The van der Waals surface area contributed by atoms with Crippen molar-refractivity contribution in [1.82, 2.24) is 0 Å². The molecule has 0 amide bonds. The maximum Gasteiger partial charge on any atom is 0.0812 e. The van der Waals surface area contributed by atoms with E-state index in [0.29, 0.717) is 17.8 Å². The summed E-state index contributed by atoms with van der Waals surface area (Å²) in [6.45, 7) is 13.8. The molecule has 0 saturated heterocycles. The van der Waals surface area contributed by atoms with Crippen LogP contribution in [0.25, 0.3) is 0 Å². The Labute approximate surface area is 126 Å². The molecule has 1 nitrogen and oxygen atoms in total. The lowest BCUT2D eigenvalue weighted by Crippen LogP contribution is -2.27. The zero-order chi connectivity index (χ0) is 15.3. The summed E-state index contributed by atoms with van der Waals surface area (Å²) in [5, 5.41) is 0. The van der Waals surface area contributed by atoms with Gasteiger partial charge in [0.05, 0.1) is 6.10 Å². The summed E-state index contributed by atoms with van der Waals surface area (Å²) in [4.78, 5) is 0. The Hall–Kier alpha value is -0.560. The molecule has 116 valence electrons. The SMILES string of the molecule is CO[C@@H](C(=C(C1=CCCCC1)C(C)C)C(C)C)C(C)C. The first-order valence-electron chi connectivity index (χ1n) is 8.36. The molecule has 0 aromatic heterocycles. The molecule has 0 saturated carbocycles. The van der Waals surface area contributed by atoms with Crippen molar-refractivity contribution in [3.05, 3.63) is 22.8 Å². The average Bonchev–Trinajstić information content (AvgIpc) is 2.38. The van der Waals surface area contributed by atoms with Crippen LogP contribution in [0.3, 0.4) is 0 Å². The van der Waals surface area contributed by atoms with E-state index in [1.54, 1.807) is 11.1 Å². The van der Waals surface area contributed by atoms with Crippen molar-refractivity contribution < 1.29 is 4.74 Å². The fourth-order valence-corrected chi connectivity index (χ4v) is 3.52. The van der Waals surface area contributed by atoms with E-state index >= 15 is 0 Å². The van der Waals surface area contributed by atoms with Gasteiger partial charge in [-0.3, -0.25) is 0 Å². The predicted molar refractivity (Wildman–Crippen MR) is 88.9 cm³/mol. The zero-order valence-electron chi connectivity index (χ0n) is 14.6. The summed E-state index contributed by atoms with van der Waals surface area (Å²) in [5.41, 5.74) is 4.71. The van der Waals surface area contributed by atoms with Gasteiger partial charge in [-0.15, -0.1) is 0 Å². The van der Waals surface area contributed by atoms with Gasteiger partial charge in [0.1, 0.15) is 0 Å². The normalized spacial score (nSPS) is 19.4. The van der Waals surface area contributed by atoms with Crippen LogP contribution in [-0.4, -0.2) is 13.2 Å². The molecule has 0 bridgehead atoms. The van der Waals surface area contributed by atoms with E-state index in [1.165, 1.54) is 31.3 Å². The van der Waals surface area contributed by atoms with E-state index in [2.05, 4.69) is 47.6 Å². The Kier molecular flexibility index (Phi) is 7.02. The van der Waals surface area contributed by atoms with Crippen molar-refractivity contribution in [2.75, 3.05) is 7.11 Å². The van der Waals surface area contributed by atoms with Gasteiger partial charge in [0.15, 0.2) is 0 Å². The van der Waals surface area contributed by atoms with Crippen LogP contribution in [0.2, 0.25) is 0 Å². The molecular formula is C19H34O. The monoisotopic (exact) mass is 278 g/mol. The number of hydrogen-bond acceptors (Lipinski definition) is 1. The largest absolute Gasteiger partial charge is 0.377 e. The standard InChI is InChI=1S/C19H34O/c1-13(2)17(16-11-9-8-10-12-16)18(14(3)4)19(20-7)15(5)6/h11,13-15,19H,8-10,12H2,1-7H3/t19-/m1/s1. The molecule has 1 heteroatoms. The van der Waals surface area contributed by atoms with E-state index in [9.17, 15) is 0 Å². The number of ether oxygens (including phenoxy) is 1. The minimum absolute atomic E-state index is 0.246. The van der Waals surface area contributed by atoms with Gasteiger partial charge in [0.25, 0.3) is 0 Å². The molecule has 0 radical (unpaired) electrons. The molecule has 0 N–H and O–H groups in total. The second-order valence-corrected chi connectivity index (χ2v) is 7.05. The number of rotatable bonds is 6. The molecule has 0 spiro atoms. The van der Waals surface area contributed by atoms with Gasteiger partial charge >= 0.3 is 0 Å². The fraction of sp³-hybridized carbons (Fsp3) is 0.789. The van der Waals surface area contributed by atoms with Crippen molar-refractivity contribution in [2.24, 2.45) is 17.8 Å². The van der Waals surface area contributed by atoms with Crippen molar-refractivity contribution in [3.8, 4) is 0 Å². The van der Waals surface area contributed by atoms with Crippen LogP contribution in [0.4, 0.5) is 0 Å². The molecule has 0 aromatic carbocycles. The molecule has 0 aromatic rings. The first kappa shape index (κ1) is 17.5. The second-order valence-electron chi connectivity index (χ2n) is 7.05. The van der Waals surface area contributed by atoms with E-state index in [4.69, 9.17) is 4.74 Å². The summed E-state index contributed by atoms with van der Waals surface area (Å²) in [5.74, 6) is 1.64. The first-order chi connectivity index (χ1) is 9.40. The first-order valence-corrected chi connectivity index (χ1v) is 8.36. The molecule has 1 aliphatic rings. The Balaban J connectivity index is 3.35. The Morgan fingerprint density at radius 2 is 1.65 bits per heavy atom. The van der Waals surface area contributed by atoms with Crippen LogP contribution in [-0.2, 0) is 4.74 Å². The highest BCUT2D eigenvalue weighted by molar-refractivity contribution is 5.40. The quantitative estimate of drug-likeness (QED) is 0.599. The van der Waals surface area contributed by atoms with Crippen LogP contribution in [0.1, 0.15) is 67.2 Å². The molecule has 1 rings (SSSR count). The van der Waals surface area contributed by atoms with E-state index < -0.39 is 0 Å². The molecule has 0 fully saturated rings. The van der Waals surface area contributed by atoms with Gasteiger partial charge in [-0.25, -0.2) is 0 Å². The smallest absolute Gasteiger partial charge is 0.0812 e. The maximum atomic E-state index is 5.87. The Bertz CT molecular complexity index is 358. The lowest BCUT2D eigenvalue weighted by Gasteiger charge is -2.32. The van der Waals surface area contributed by atoms with Crippen LogP contribution >= 0.6 is 0 Å². The summed E-state index contributed by atoms with van der Waals surface area (Å²) < 4.78 is 5.87. The van der Waals surface area contributed by atoms with E-state index in [1.807, 2.05) is 7.11 Å². The molecule has 0 heterocycles. The van der Waals surface area contributed by atoms with Crippen molar-refractivity contribution >= 4 is 0 Å². The molecule has 1 atom stereocenters. The predicted octanol–water partition coefficient (Wildman–Crippen LogP) is 5.77. The van der Waals surface area contributed by atoms with Crippen molar-refractivity contribution in [1.29, 1.82) is 0 Å². The highest BCUT2D eigenvalue weighted by atomic mass is 16.5. The topological polar surface area (TPSA) is 9.23 Å². The third-order valence-corrected chi connectivity index (χ3v) is 4.31. The minimum Gasteiger partial charge on any atom is -0.377 e. The summed E-state index contributed by atoms with van der Waals surface area (Å²) in [6, 6.07) is 0. The number of methoxy groups -OCH3 is 1. The lowest BCUT2D eigenvalue weighted by molar-refractivity contribution is 0.0855. The number of hydrogen-bond donors (Lipinski definition) is 0. The molecular weight excluding hydrogens is 244 g/mol. The number of allylic oxidation sites excluding steroid dienone is 3. The minimum atomic E-state index is 0.246. The lowest BCUT2D eigenvalue weighted by atomic mass is 9.78. The highest BCUT2D eigenvalue weighted by Crippen LogP contribution is 2.36. The molecule has 0 unspecified atom stereocenters. The average molecular weight is 278 g/mol. The Morgan fingerprint density at radius 3 is 2.00 bits per heavy atom. The van der Waals surface area contributed by atoms with Crippen LogP contribution in [0.15, 0.2) is 22.8 Å². The van der Waals surface area contributed by atoms with Gasteiger partial charge < -0.3 is 4.74 Å². The van der Waals surface area contributed by atoms with Crippen molar-refractivity contribution in [3.63, 3.8) is 0 Å². The second kappa shape index (κ2) is 8.02. The highest BCUT2D eigenvalue weighted by Gasteiger charge is 2.27. The van der Waals surface area contributed by atoms with Gasteiger partial charge in [-0.05, 0) is 60.2 Å². The summed E-state index contributed by atoms with van der Waals surface area (Å²) >= 11 is 0. The zero-order valence-corrected chi connectivity index (χ0v) is 14.6. The van der Waals surface area contributed by atoms with E-state index in [-0.39, 0.29) is 6.10 Å². The third kappa shape index (κ3) is 4.22. The van der Waals surface area contributed by atoms with Gasteiger partial charge in [-0.1, -0.05) is 47.6 Å². The Morgan fingerprint density at radius 1 is 1.00 bits per heavy atom. The molecule has 0 aliphatic heterocycles. The van der Waals surface area contributed by atoms with Crippen LogP contribution < -0.4 is 0 Å². The molecule has 20 heavy (non-hydrogen) atoms. The van der Waals surface area contributed by atoms with Gasteiger partial charge in [0.2, 0.25) is 0 Å². The van der Waals surface area contributed by atoms with E-state index in [0.717, 1.165) is 0 Å². The van der Waals surface area contributed by atoms with Crippen LogP contribution in [0.5, 0.6) is 0 Å². The maximum absolute atomic E-state index is 5.87. The molecule has 1 aliphatic carbocycles. The third-order valence-electron chi connectivity index (χ3n) is 4.31. The van der Waals surface area contributed by atoms with Gasteiger partial charge in [0, 0.05) is 7.11 Å². The summed E-state index contributed by atoms with van der Waals surface area (Å²) in [7, 11) is 1.86. The fourth-order valence-electron chi connectivity index (χ4n) is 3.52.